The number of rotatable bonds is 5. The van der Waals surface area contributed by atoms with Crippen LogP contribution in [0.5, 0.6) is 6.01 Å². The summed E-state index contributed by atoms with van der Waals surface area (Å²) in [5, 5.41) is 30.4. The van der Waals surface area contributed by atoms with Gasteiger partial charge in [-0.1, -0.05) is 0 Å². The molecule has 10 nitrogen and oxygen atoms in total. The predicted molar refractivity (Wildman–Crippen MR) is 123 cm³/mol. The van der Waals surface area contributed by atoms with Crippen molar-refractivity contribution in [2.45, 2.75) is 115 Å². The van der Waals surface area contributed by atoms with Gasteiger partial charge in [-0.15, -0.1) is 0 Å². The second kappa shape index (κ2) is 8.23. The monoisotopic (exact) mass is 451 g/mol. The second-order valence-corrected chi connectivity index (χ2v) is 11.8. The Morgan fingerprint density at radius 3 is 1.66 bits per heavy atom. The van der Waals surface area contributed by atoms with Crippen LogP contribution in [0.3, 0.4) is 0 Å². The van der Waals surface area contributed by atoms with Gasteiger partial charge in [0.15, 0.2) is 0 Å². The predicted octanol–water partition coefficient (Wildman–Crippen LogP) is 3.53. The number of hydroxylamine groups is 4. The fourth-order valence-corrected chi connectivity index (χ4v) is 5.55. The minimum absolute atomic E-state index is 0.0823. The molecular weight excluding hydrogens is 410 g/mol. The lowest BCUT2D eigenvalue weighted by Crippen LogP contribution is -2.61. The molecule has 4 N–H and O–H groups in total. The van der Waals surface area contributed by atoms with Crippen molar-refractivity contribution < 1.29 is 15.2 Å². The van der Waals surface area contributed by atoms with Crippen molar-refractivity contribution in [2.75, 3.05) is 17.7 Å². The number of nitrogens with zero attached hydrogens (tertiary/aromatic N) is 5. The SMILES string of the molecule is CNc1nc(NC2CC(C)(C)N(O)C(C)(C)C2)nc(OC2CC(C)(C)N(O)C(C)(C)C2)n1. The number of piperidine rings is 2. The highest BCUT2D eigenvalue weighted by atomic mass is 16.5. The summed E-state index contributed by atoms with van der Waals surface area (Å²) in [7, 11) is 1.76. The number of aromatic nitrogens is 3. The van der Waals surface area contributed by atoms with Crippen LogP contribution in [0.15, 0.2) is 0 Å². The molecule has 1 aromatic rings. The second-order valence-electron chi connectivity index (χ2n) is 11.8. The highest BCUT2D eigenvalue weighted by Gasteiger charge is 2.47. The molecule has 0 atom stereocenters. The summed E-state index contributed by atoms with van der Waals surface area (Å²) in [6, 6.07) is 0.340. The molecule has 182 valence electrons. The van der Waals surface area contributed by atoms with E-state index in [0.717, 1.165) is 12.8 Å². The van der Waals surface area contributed by atoms with Crippen LogP contribution in [0.25, 0.3) is 0 Å². The number of ether oxygens (including phenoxy) is 1. The van der Waals surface area contributed by atoms with Crippen LogP contribution in [-0.2, 0) is 0 Å². The lowest BCUT2D eigenvalue weighted by atomic mass is 9.79. The van der Waals surface area contributed by atoms with E-state index in [1.807, 2.05) is 55.4 Å². The van der Waals surface area contributed by atoms with Crippen LogP contribution < -0.4 is 15.4 Å². The average molecular weight is 452 g/mol. The molecular formula is C22H41N7O3. The zero-order chi connectivity index (χ0) is 24.1. The first-order valence-electron chi connectivity index (χ1n) is 11.4. The van der Waals surface area contributed by atoms with Gasteiger partial charge >= 0.3 is 6.01 Å². The van der Waals surface area contributed by atoms with Gasteiger partial charge < -0.3 is 25.8 Å². The van der Waals surface area contributed by atoms with Gasteiger partial charge in [-0.2, -0.15) is 25.1 Å². The lowest BCUT2D eigenvalue weighted by molar-refractivity contribution is -0.255. The quantitative estimate of drug-likeness (QED) is 0.529. The van der Waals surface area contributed by atoms with Crippen LogP contribution in [0.1, 0.15) is 81.1 Å². The molecule has 1 aromatic heterocycles. The normalized spacial score (nSPS) is 26.0. The summed E-state index contributed by atoms with van der Waals surface area (Å²) in [5.74, 6) is 0.870. The summed E-state index contributed by atoms with van der Waals surface area (Å²) in [4.78, 5) is 13.4. The van der Waals surface area contributed by atoms with E-state index in [1.165, 1.54) is 10.1 Å². The van der Waals surface area contributed by atoms with Gasteiger partial charge in [0, 0.05) is 48.1 Å². The zero-order valence-corrected chi connectivity index (χ0v) is 21.0. The fraction of sp³-hybridized carbons (Fsp3) is 0.864. The van der Waals surface area contributed by atoms with Crippen molar-refractivity contribution >= 4 is 11.9 Å². The molecule has 10 heteroatoms. The number of anilines is 2. The van der Waals surface area contributed by atoms with Gasteiger partial charge in [0.2, 0.25) is 11.9 Å². The molecule has 0 aliphatic carbocycles. The Labute approximate surface area is 191 Å². The van der Waals surface area contributed by atoms with Gasteiger partial charge in [-0.25, -0.2) is 0 Å². The molecule has 0 saturated carbocycles. The average Bonchev–Trinajstić information content (AvgIpc) is 2.63. The van der Waals surface area contributed by atoms with Crippen molar-refractivity contribution in [2.24, 2.45) is 0 Å². The van der Waals surface area contributed by atoms with Gasteiger partial charge in [-0.3, -0.25) is 0 Å². The van der Waals surface area contributed by atoms with Crippen molar-refractivity contribution in [3.8, 4) is 6.01 Å². The maximum absolute atomic E-state index is 10.6. The molecule has 0 bridgehead atoms. The van der Waals surface area contributed by atoms with Crippen molar-refractivity contribution in [3.05, 3.63) is 0 Å². The Bertz CT molecular complexity index is 729. The molecule has 3 heterocycles. The summed E-state index contributed by atoms with van der Waals surface area (Å²) in [6.45, 7) is 16.1. The molecule has 32 heavy (non-hydrogen) atoms. The van der Waals surface area contributed by atoms with Crippen LogP contribution >= 0.6 is 0 Å². The molecule has 0 radical (unpaired) electrons. The highest BCUT2D eigenvalue weighted by Crippen LogP contribution is 2.39. The van der Waals surface area contributed by atoms with Crippen LogP contribution in [-0.4, -0.2) is 76.8 Å². The first-order chi connectivity index (χ1) is 14.6. The Morgan fingerprint density at radius 2 is 1.19 bits per heavy atom. The first kappa shape index (κ1) is 24.9. The fourth-order valence-electron chi connectivity index (χ4n) is 5.55. The van der Waals surface area contributed by atoms with Crippen LogP contribution in [0, 0.1) is 0 Å². The van der Waals surface area contributed by atoms with E-state index in [0.29, 0.717) is 24.7 Å². The third-order valence-corrected chi connectivity index (χ3v) is 6.68. The van der Waals surface area contributed by atoms with Gasteiger partial charge in [-0.05, 0) is 68.2 Å². The van der Waals surface area contributed by atoms with Gasteiger partial charge in [0.05, 0.1) is 0 Å². The molecule has 0 unspecified atom stereocenters. The van der Waals surface area contributed by atoms with E-state index in [2.05, 4.69) is 25.6 Å². The third-order valence-electron chi connectivity index (χ3n) is 6.68. The smallest absolute Gasteiger partial charge is 0.323 e. The van der Waals surface area contributed by atoms with E-state index in [1.54, 1.807) is 7.05 Å². The van der Waals surface area contributed by atoms with Crippen molar-refractivity contribution in [3.63, 3.8) is 0 Å². The molecule has 0 aromatic carbocycles. The molecule has 2 fully saturated rings. The number of hydrogen-bond acceptors (Lipinski definition) is 10. The van der Waals surface area contributed by atoms with Crippen molar-refractivity contribution in [1.29, 1.82) is 0 Å². The molecule has 0 amide bonds. The van der Waals surface area contributed by atoms with Gasteiger partial charge in [0.1, 0.15) is 6.10 Å². The maximum atomic E-state index is 10.6. The van der Waals surface area contributed by atoms with Crippen LogP contribution in [0.2, 0.25) is 0 Å². The minimum Gasteiger partial charge on any atom is -0.460 e. The first-order valence-corrected chi connectivity index (χ1v) is 11.4. The Kier molecular flexibility index (Phi) is 6.40. The topological polar surface area (TPSA) is 119 Å². The molecule has 2 saturated heterocycles. The minimum atomic E-state index is -0.429. The summed E-state index contributed by atoms with van der Waals surface area (Å²) < 4.78 is 6.22. The standard InChI is InChI=1S/C22H41N7O3/c1-19(2)10-14(11-20(3,4)28(19)30)24-17-25-16(23-9)26-18(27-17)32-15-12-21(5,6)29(31)22(7,8)13-15/h14-15,30-31H,10-13H2,1-9H3,(H2,23,24,25,26,27). The van der Waals surface area contributed by atoms with Crippen molar-refractivity contribution in [1.82, 2.24) is 25.1 Å². The van der Waals surface area contributed by atoms with E-state index in [-0.39, 0.29) is 29.2 Å². The highest BCUT2D eigenvalue weighted by molar-refractivity contribution is 5.36. The summed E-state index contributed by atoms with van der Waals surface area (Å²) >= 11 is 0. The molecule has 2 aliphatic rings. The Hall–Kier alpha value is -1.75. The lowest BCUT2D eigenvalue weighted by Gasteiger charge is -2.51. The van der Waals surface area contributed by atoms with E-state index in [4.69, 9.17) is 4.74 Å². The largest absolute Gasteiger partial charge is 0.460 e. The number of nitrogens with one attached hydrogen (secondary N) is 2. The molecule has 3 rings (SSSR count). The Morgan fingerprint density at radius 1 is 0.750 bits per heavy atom. The summed E-state index contributed by atoms with van der Waals surface area (Å²) in [5.41, 5.74) is -1.62. The van der Waals surface area contributed by atoms with Gasteiger partial charge in [0.25, 0.3) is 0 Å². The van der Waals surface area contributed by atoms with E-state index in [9.17, 15) is 10.4 Å². The van der Waals surface area contributed by atoms with E-state index >= 15 is 0 Å². The van der Waals surface area contributed by atoms with Crippen LogP contribution in [0.4, 0.5) is 11.9 Å². The molecule has 0 spiro atoms. The maximum Gasteiger partial charge on any atom is 0.323 e. The zero-order valence-electron chi connectivity index (χ0n) is 21.0. The summed E-state index contributed by atoms with van der Waals surface area (Å²) in [6.07, 6.45) is 2.63. The van der Waals surface area contributed by atoms with E-state index < -0.39 is 11.1 Å². The third kappa shape index (κ3) is 5.08. The Balaban J connectivity index is 1.79. The number of hydrogen-bond donors (Lipinski definition) is 4. The molecule has 2 aliphatic heterocycles.